The van der Waals surface area contributed by atoms with E-state index >= 15 is 0 Å². The predicted molar refractivity (Wildman–Crippen MR) is 60.7 cm³/mol. The number of nitrogens with zero attached hydrogens (tertiary/aromatic N) is 1. The summed E-state index contributed by atoms with van der Waals surface area (Å²) in [5.74, 6) is -1.80. The van der Waals surface area contributed by atoms with Gasteiger partial charge in [0.1, 0.15) is 6.54 Å². The molecule has 0 aliphatic heterocycles. The lowest BCUT2D eigenvalue weighted by Gasteiger charge is -2.21. The molecule has 0 bridgehead atoms. The number of halogens is 2. The topological polar surface area (TPSA) is 72.9 Å². The molecule has 6 nitrogen and oxygen atoms in total. The smallest absolute Gasteiger partial charge is 0.325 e. The minimum Gasteiger partial charge on any atom is -0.469 e. The van der Waals surface area contributed by atoms with Gasteiger partial charge >= 0.3 is 11.9 Å². The van der Waals surface area contributed by atoms with Crippen molar-refractivity contribution in [1.29, 1.82) is 0 Å². The first kappa shape index (κ1) is 16.0. The van der Waals surface area contributed by atoms with Crippen LogP contribution in [0.1, 0.15) is 6.42 Å². The Balaban J connectivity index is 4.45. The highest BCUT2D eigenvalue weighted by Gasteiger charge is 2.23. The van der Waals surface area contributed by atoms with Gasteiger partial charge in [0.15, 0.2) is 4.84 Å². The number of hydrogen-bond donors (Lipinski definition) is 0. The molecular formula is C9H13Cl2NO5. The second kappa shape index (κ2) is 8.14. The Kier molecular flexibility index (Phi) is 7.65. The second-order valence-electron chi connectivity index (χ2n) is 2.96. The van der Waals surface area contributed by atoms with Gasteiger partial charge in [-0.15, -0.1) is 0 Å². The Labute approximate surface area is 109 Å². The molecule has 0 aromatic rings. The van der Waals surface area contributed by atoms with Crippen LogP contribution in [0.2, 0.25) is 0 Å². The van der Waals surface area contributed by atoms with Crippen molar-refractivity contribution in [1.82, 2.24) is 4.90 Å². The third kappa shape index (κ3) is 6.33. The Hall–Kier alpha value is -1.01. The molecule has 0 rings (SSSR count). The number of esters is 2. The fourth-order valence-corrected chi connectivity index (χ4v) is 1.23. The number of methoxy groups -OCH3 is 2. The van der Waals surface area contributed by atoms with Gasteiger partial charge in [-0.25, -0.2) is 0 Å². The van der Waals surface area contributed by atoms with Crippen molar-refractivity contribution in [3.8, 4) is 0 Å². The van der Waals surface area contributed by atoms with Crippen molar-refractivity contribution in [3.05, 3.63) is 0 Å². The summed E-state index contributed by atoms with van der Waals surface area (Å²) in [4.78, 5) is 33.2. The van der Waals surface area contributed by atoms with Gasteiger partial charge in [0.2, 0.25) is 0 Å². The Morgan fingerprint density at radius 2 is 1.65 bits per heavy atom. The van der Waals surface area contributed by atoms with Crippen molar-refractivity contribution < 1.29 is 23.9 Å². The maximum atomic E-state index is 11.5. The summed E-state index contributed by atoms with van der Waals surface area (Å²) < 4.78 is 8.82. The van der Waals surface area contributed by atoms with Crippen LogP contribution in [0.5, 0.6) is 0 Å². The zero-order valence-electron chi connectivity index (χ0n) is 9.44. The van der Waals surface area contributed by atoms with Gasteiger partial charge in [0, 0.05) is 6.54 Å². The molecule has 1 amide bonds. The standard InChI is InChI=1S/C9H13Cl2NO5/c1-16-6(13)3-4-12(5-7(14)17-2)9(15)8(10)11/h8H,3-5H2,1-2H3. The highest BCUT2D eigenvalue weighted by atomic mass is 35.5. The van der Waals surface area contributed by atoms with Crippen LogP contribution in [0.15, 0.2) is 0 Å². The predicted octanol–water partition coefficient (Wildman–Crippen LogP) is 0.355. The van der Waals surface area contributed by atoms with Gasteiger partial charge in [-0.05, 0) is 0 Å². The van der Waals surface area contributed by atoms with Crippen LogP contribution in [-0.4, -0.2) is 54.9 Å². The molecule has 0 aromatic carbocycles. The molecule has 0 atom stereocenters. The zero-order valence-corrected chi connectivity index (χ0v) is 11.0. The van der Waals surface area contributed by atoms with Gasteiger partial charge in [0.25, 0.3) is 5.91 Å². The lowest BCUT2D eigenvalue weighted by Crippen LogP contribution is -2.40. The number of carbonyl (C=O) groups excluding carboxylic acids is 3. The summed E-state index contributed by atoms with van der Waals surface area (Å²) in [5.41, 5.74) is 0. The molecule has 0 aliphatic rings. The van der Waals surface area contributed by atoms with E-state index < -0.39 is 22.7 Å². The van der Waals surface area contributed by atoms with Crippen molar-refractivity contribution in [3.63, 3.8) is 0 Å². The quantitative estimate of drug-likeness (QED) is 0.520. The maximum absolute atomic E-state index is 11.5. The molecule has 0 spiro atoms. The fourth-order valence-electron chi connectivity index (χ4n) is 0.954. The average Bonchev–Trinajstić information content (AvgIpc) is 2.32. The van der Waals surface area contributed by atoms with Gasteiger partial charge in [-0.3, -0.25) is 14.4 Å². The van der Waals surface area contributed by atoms with Crippen LogP contribution in [-0.2, 0) is 23.9 Å². The molecule has 0 aliphatic carbocycles. The largest absolute Gasteiger partial charge is 0.469 e. The second-order valence-corrected chi connectivity index (χ2v) is 4.06. The first-order chi connectivity index (χ1) is 7.92. The third-order valence-corrected chi connectivity index (χ3v) is 2.23. The van der Waals surface area contributed by atoms with Crippen molar-refractivity contribution >= 4 is 41.0 Å². The lowest BCUT2D eigenvalue weighted by molar-refractivity contribution is -0.148. The van der Waals surface area contributed by atoms with E-state index in [2.05, 4.69) is 9.47 Å². The highest BCUT2D eigenvalue weighted by Crippen LogP contribution is 2.08. The normalized spacial score (nSPS) is 9.94. The summed E-state index contributed by atoms with van der Waals surface area (Å²) in [5, 5.41) is 0. The number of ether oxygens (including phenoxy) is 2. The molecular weight excluding hydrogens is 273 g/mol. The van der Waals surface area contributed by atoms with E-state index in [0.717, 1.165) is 4.90 Å². The van der Waals surface area contributed by atoms with Crippen LogP contribution in [0.3, 0.4) is 0 Å². The number of amides is 1. The van der Waals surface area contributed by atoms with E-state index in [0.29, 0.717) is 0 Å². The molecule has 8 heteroatoms. The molecule has 0 fully saturated rings. The van der Waals surface area contributed by atoms with Gasteiger partial charge < -0.3 is 14.4 Å². The summed E-state index contributed by atoms with van der Waals surface area (Å²) in [6.45, 7) is -0.335. The first-order valence-corrected chi connectivity index (χ1v) is 5.50. The Morgan fingerprint density at radius 1 is 1.12 bits per heavy atom. The number of carbonyl (C=O) groups is 3. The molecule has 0 radical (unpaired) electrons. The van der Waals surface area contributed by atoms with Crippen LogP contribution >= 0.6 is 23.2 Å². The summed E-state index contributed by atoms with van der Waals surface area (Å²) in [6, 6.07) is 0. The van der Waals surface area contributed by atoms with Gasteiger partial charge in [0.05, 0.1) is 20.6 Å². The summed E-state index contributed by atoms with van der Waals surface area (Å²) in [6.07, 6.45) is -0.0558. The molecule has 0 saturated heterocycles. The van der Waals surface area contributed by atoms with E-state index in [4.69, 9.17) is 23.2 Å². The lowest BCUT2D eigenvalue weighted by atomic mass is 10.3. The Morgan fingerprint density at radius 3 is 2.06 bits per heavy atom. The number of hydrogen-bond acceptors (Lipinski definition) is 5. The SMILES string of the molecule is COC(=O)CCN(CC(=O)OC)C(=O)C(Cl)Cl. The fraction of sp³-hybridized carbons (Fsp3) is 0.667. The Bertz CT molecular complexity index is 295. The molecule has 98 valence electrons. The molecule has 0 N–H and O–H groups in total. The minimum absolute atomic E-state index is 0.0173. The van der Waals surface area contributed by atoms with Crippen LogP contribution < -0.4 is 0 Å². The third-order valence-electron chi connectivity index (χ3n) is 1.86. The molecule has 17 heavy (non-hydrogen) atoms. The molecule has 0 unspecified atom stereocenters. The monoisotopic (exact) mass is 285 g/mol. The van der Waals surface area contributed by atoms with Crippen molar-refractivity contribution in [2.75, 3.05) is 27.3 Å². The highest BCUT2D eigenvalue weighted by molar-refractivity contribution is 6.53. The van der Waals surface area contributed by atoms with Crippen LogP contribution in [0, 0.1) is 0 Å². The van der Waals surface area contributed by atoms with E-state index in [9.17, 15) is 14.4 Å². The van der Waals surface area contributed by atoms with E-state index in [-0.39, 0.29) is 19.5 Å². The van der Waals surface area contributed by atoms with E-state index in [1.807, 2.05) is 0 Å². The average molecular weight is 286 g/mol. The summed E-state index contributed by atoms with van der Waals surface area (Å²) in [7, 11) is 2.41. The van der Waals surface area contributed by atoms with Crippen LogP contribution in [0.4, 0.5) is 0 Å². The van der Waals surface area contributed by atoms with Crippen molar-refractivity contribution in [2.45, 2.75) is 11.3 Å². The molecule has 0 heterocycles. The van der Waals surface area contributed by atoms with E-state index in [1.54, 1.807) is 0 Å². The zero-order chi connectivity index (χ0) is 13.4. The number of alkyl halides is 2. The maximum Gasteiger partial charge on any atom is 0.325 e. The van der Waals surface area contributed by atoms with E-state index in [1.165, 1.54) is 14.2 Å². The first-order valence-electron chi connectivity index (χ1n) is 4.63. The number of rotatable bonds is 6. The van der Waals surface area contributed by atoms with Gasteiger partial charge in [-0.2, -0.15) is 0 Å². The minimum atomic E-state index is -1.29. The molecule has 0 aromatic heterocycles. The van der Waals surface area contributed by atoms with Crippen LogP contribution in [0.25, 0.3) is 0 Å². The molecule has 0 saturated carbocycles. The summed E-state index contributed by atoms with van der Waals surface area (Å²) >= 11 is 10.8. The van der Waals surface area contributed by atoms with Crippen molar-refractivity contribution in [2.24, 2.45) is 0 Å². The van der Waals surface area contributed by atoms with Gasteiger partial charge in [-0.1, -0.05) is 23.2 Å².